The Labute approximate surface area is 214 Å². The fourth-order valence-corrected chi connectivity index (χ4v) is 3.39. The van der Waals surface area contributed by atoms with E-state index < -0.39 is 66.2 Å². The summed E-state index contributed by atoms with van der Waals surface area (Å²) in [5.74, 6) is -6.03. The van der Waals surface area contributed by atoms with Gasteiger partial charge in [0.2, 0.25) is 23.6 Å². The number of aliphatic carboxylic acids is 2. The van der Waals surface area contributed by atoms with Crippen molar-refractivity contribution in [2.45, 2.75) is 70.1 Å². The van der Waals surface area contributed by atoms with Crippen molar-refractivity contribution >= 4 is 35.6 Å². The zero-order chi connectivity index (χ0) is 28.1. The molecule has 13 heteroatoms. The number of carboxylic acid groups (broad SMARTS) is 2. The van der Waals surface area contributed by atoms with Crippen LogP contribution in [0.5, 0.6) is 0 Å². The number of carbonyl (C=O) groups excluding carboxylic acids is 4. The SMILES string of the molecule is CC(C)CC(NC(=O)C(Cc1ccccc1)NC(=O)C(CC(=O)O)NC(=O)C(N)CCC(N)=O)C(=O)O. The lowest BCUT2D eigenvalue weighted by molar-refractivity contribution is -0.143. The Morgan fingerprint density at radius 1 is 0.838 bits per heavy atom. The molecule has 4 unspecified atom stereocenters. The van der Waals surface area contributed by atoms with E-state index in [1.807, 2.05) is 0 Å². The summed E-state index contributed by atoms with van der Waals surface area (Å²) in [6.45, 7) is 3.58. The van der Waals surface area contributed by atoms with Crippen LogP contribution in [0.3, 0.4) is 0 Å². The molecule has 1 aromatic rings. The molecule has 204 valence electrons. The third-order valence-corrected chi connectivity index (χ3v) is 5.29. The van der Waals surface area contributed by atoms with Gasteiger partial charge in [-0.2, -0.15) is 0 Å². The average molecular weight is 522 g/mol. The van der Waals surface area contributed by atoms with Crippen LogP contribution in [0.15, 0.2) is 30.3 Å². The molecule has 13 nitrogen and oxygen atoms in total. The first-order valence-electron chi connectivity index (χ1n) is 11.7. The Morgan fingerprint density at radius 3 is 1.89 bits per heavy atom. The molecule has 1 aromatic carbocycles. The van der Waals surface area contributed by atoms with Crippen LogP contribution in [0.25, 0.3) is 0 Å². The maximum atomic E-state index is 13.0. The summed E-state index contributed by atoms with van der Waals surface area (Å²) in [5, 5.41) is 25.8. The van der Waals surface area contributed by atoms with E-state index in [9.17, 15) is 39.0 Å². The van der Waals surface area contributed by atoms with Crippen LogP contribution in [0.2, 0.25) is 0 Å². The summed E-state index contributed by atoms with van der Waals surface area (Å²) in [5.41, 5.74) is 11.4. The number of amides is 4. The molecule has 0 saturated heterocycles. The van der Waals surface area contributed by atoms with Gasteiger partial charge in [-0.15, -0.1) is 0 Å². The monoisotopic (exact) mass is 521 g/mol. The Morgan fingerprint density at radius 2 is 1.38 bits per heavy atom. The molecule has 4 atom stereocenters. The van der Waals surface area contributed by atoms with E-state index in [1.54, 1.807) is 44.2 Å². The van der Waals surface area contributed by atoms with Crippen LogP contribution in [0, 0.1) is 5.92 Å². The van der Waals surface area contributed by atoms with E-state index in [-0.39, 0.29) is 31.6 Å². The van der Waals surface area contributed by atoms with Crippen molar-refractivity contribution in [3.8, 4) is 0 Å². The van der Waals surface area contributed by atoms with Crippen molar-refractivity contribution < 1.29 is 39.0 Å². The van der Waals surface area contributed by atoms with Gasteiger partial charge < -0.3 is 37.6 Å². The normalized spacial score (nSPS) is 14.1. The predicted molar refractivity (Wildman–Crippen MR) is 132 cm³/mol. The summed E-state index contributed by atoms with van der Waals surface area (Å²) in [6, 6.07) is 3.26. The van der Waals surface area contributed by atoms with Crippen molar-refractivity contribution in [3.63, 3.8) is 0 Å². The van der Waals surface area contributed by atoms with Gasteiger partial charge >= 0.3 is 11.9 Å². The summed E-state index contributed by atoms with van der Waals surface area (Å²) in [6.07, 6.45) is -1.00. The maximum absolute atomic E-state index is 13.0. The molecule has 0 aliphatic heterocycles. The second-order valence-corrected chi connectivity index (χ2v) is 9.05. The van der Waals surface area contributed by atoms with Gasteiger partial charge in [-0.05, 0) is 24.3 Å². The van der Waals surface area contributed by atoms with Crippen molar-refractivity contribution in [1.82, 2.24) is 16.0 Å². The lowest BCUT2D eigenvalue weighted by Gasteiger charge is -2.25. The molecule has 1 rings (SSSR count). The quantitative estimate of drug-likeness (QED) is 0.139. The number of nitrogens with one attached hydrogen (secondary N) is 3. The van der Waals surface area contributed by atoms with E-state index in [0.717, 1.165) is 0 Å². The topological polar surface area (TPSA) is 231 Å². The molecule has 0 bridgehead atoms. The van der Waals surface area contributed by atoms with Gasteiger partial charge in [-0.25, -0.2) is 4.79 Å². The number of carbonyl (C=O) groups is 6. The number of hydrogen-bond acceptors (Lipinski definition) is 7. The number of nitrogens with two attached hydrogens (primary N) is 2. The maximum Gasteiger partial charge on any atom is 0.326 e. The number of hydrogen-bond donors (Lipinski definition) is 7. The molecule has 0 aliphatic carbocycles. The van der Waals surface area contributed by atoms with Gasteiger partial charge in [0, 0.05) is 12.8 Å². The Balaban J connectivity index is 3.11. The van der Waals surface area contributed by atoms with Crippen molar-refractivity contribution in [2.24, 2.45) is 17.4 Å². The second kappa shape index (κ2) is 15.2. The minimum absolute atomic E-state index is 0.0295. The van der Waals surface area contributed by atoms with Crippen LogP contribution >= 0.6 is 0 Å². The van der Waals surface area contributed by atoms with E-state index in [1.165, 1.54) is 0 Å². The van der Waals surface area contributed by atoms with Crippen LogP contribution in [-0.4, -0.2) is 69.9 Å². The molecule has 0 aliphatic rings. The highest BCUT2D eigenvalue weighted by molar-refractivity contribution is 5.95. The molecule has 9 N–H and O–H groups in total. The summed E-state index contributed by atoms with van der Waals surface area (Å²) >= 11 is 0. The summed E-state index contributed by atoms with van der Waals surface area (Å²) in [7, 11) is 0. The third-order valence-electron chi connectivity index (χ3n) is 5.29. The highest BCUT2D eigenvalue weighted by atomic mass is 16.4. The Hall–Kier alpha value is -4.00. The van der Waals surface area contributed by atoms with Crippen molar-refractivity contribution in [1.29, 1.82) is 0 Å². The smallest absolute Gasteiger partial charge is 0.326 e. The minimum atomic E-state index is -1.60. The van der Waals surface area contributed by atoms with Gasteiger partial charge in [0.05, 0.1) is 12.5 Å². The van der Waals surface area contributed by atoms with Gasteiger partial charge in [-0.1, -0.05) is 44.2 Å². The van der Waals surface area contributed by atoms with Gasteiger partial charge in [0.15, 0.2) is 0 Å². The van der Waals surface area contributed by atoms with Crippen LogP contribution in [0.4, 0.5) is 0 Å². The molecule has 0 radical (unpaired) electrons. The highest BCUT2D eigenvalue weighted by Crippen LogP contribution is 2.09. The fraction of sp³-hybridized carbons (Fsp3) is 0.500. The van der Waals surface area contributed by atoms with Gasteiger partial charge in [-0.3, -0.25) is 24.0 Å². The molecular weight excluding hydrogens is 486 g/mol. The summed E-state index contributed by atoms with van der Waals surface area (Å²) < 4.78 is 0. The molecule has 0 fully saturated rings. The minimum Gasteiger partial charge on any atom is -0.481 e. The van der Waals surface area contributed by atoms with Crippen LogP contribution in [-0.2, 0) is 35.2 Å². The zero-order valence-electron chi connectivity index (χ0n) is 20.8. The molecule has 0 spiro atoms. The Bertz CT molecular complexity index is 969. The van der Waals surface area contributed by atoms with Gasteiger partial charge in [0.1, 0.15) is 18.1 Å². The van der Waals surface area contributed by atoms with Crippen LogP contribution in [0.1, 0.15) is 45.1 Å². The largest absolute Gasteiger partial charge is 0.481 e. The fourth-order valence-electron chi connectivity index (χ4n) is 3.39. The van der Waals surface area contributed by atoms with Crippen LogP contribution < -0.4 is 27.4 Å². The second-order valence-electron chi connectivity index (χ2n) is 9.05. The van der Waals surface area contributed by atoms with E-state index >= 15 is 0 Å². The van der Waals surface area contributed by atoms with Gasteiger partial charge in [0.25, 0.3) is 0 Å². The summed E-state index contributed by atoms with van der Waals surface area (Å²) in [4.78, 5) is 72.3. The molecule has 0 heterocycles. The predicted octanol–water partition coefficient (Wildman–Crippen LogP) is -1.12. The molecule has 37 heavy (non-hydrogen) atoms. The van der Waals surface area contributed by atoms with E-state index in [0.29, 0.717) is 5.56 Å². The molecule has 0 saturated carbocycles. The highest BCUT2D eigenvalue weighted by Gasteiger charge is 2.31. The molecule has 4 amide bonds. The first-order chi connectivity index (χ1) is 17.3. The number of rotatable bonds is 16. The zero-order valence-corrected chi connectivity index (χ0v) is 20.8. The lowest BCUT2D eigenvalue weighted by atomic mass is 10.0. The first kappa shape index (κ1) is 31.0. The van der Waals surface area contributed by atoms with Crippen molar-refractivity contribution in [2.75, 3.05) is 0 Å². The molecule has 0 aromatic heterocycles. The number of benzene rings is 1. The van der Waals surface area contributed by atoms with E-state index in [2.05, 4.69) is 16.0 Å². The van der Waals surface area contributed by atoms with Crippen molar-refractivity contribution in [3.05, 3.63) is 35.9 Å². The lowest BCUT2D eigenvalue weighted by Crippen LogP contribution is -2.58. The average Bonchev–Trinajstić information content (AvgIpc) is 2.80. The third kappa shape index (κ3) is 12.0. The molecular formula is C24H35N5O8. The first-order valence-corrected chi connectivity index (χ1v) is 11.7. The standard InChI is InChI=1S/C24H35N5O8/c1-13(2)10-18(24(36)37)29-22(34)16(11-14-6-4-3-5-7-14)28-23(35)17(12-20(31)32)27-21(33)15(25)8-9-19(26)30/h3-7,13,15-18H,8-12,25H2,1-2H3,(H2,26,30)(H,27,33)(H,28,35)(H,29,34)(H,31,32)(H,36,37). The van der Waals surface area contributed by atoms with E-state index in [4.69, 9.17) is 11.5 Å². The number of primary amides is 1. The Kier molecular flexibility index (Phi) is 12.7. The number of carboxylic acids is 2.